The second-order valence-corrected chi connectivity index (χ2v) is 3.52. The summed E-state index contributed by atoms with van der Waals surface area (Å²) in [6.07, 6.45) is -0.310. The first-order valence-electron chi connectivity index (χ1n) is 3.95. The number of carbonyl (C=O) groups is 1. The number of aliphatic hydroxyl groups excluding tert-OH is 1. The molecule has 11 heavy (non-hydrogen) atoms. The van der Waals surface area contributed by atoms with Crippen LogP contribution in [0.25, 0.3) is 0 Å². The van der Waals surface area contributed by atoms with Gasteiger partial charge in [0.15, 0.2) is 6.10 Å². The zero-order valence-corrected chi connectivity index (χ0v) is 6.82. The number of carboxylic acids is 1. The molecule has 64 valence electrons. The Balaban J connectivity index is 2.45. The summed E-state index contributed by atoms with van der Waals surface area (Å²) in [6, 6.07) is 0. The first-order chi connectivity index (χ1) is 5.04. The van der Waals surface area contributed by atoms with Gasteiger partial charge in [0.25, 0.3) is 0 Å². The molecule has 1 aliphatic rings. The van der Waals surface area contributed by atoms with Crippen molar-refractivity contribution in [2.24, 2.45) is 17.8 Å². The number of aliphatic hydroxyl groups is 1. The first kappa shape index (κ1) is 8.53. The number of carboxylic acid groups (broad SMARTS) is 1. The minimum Gasteiger partial charge on any atom is -0.479 e. The smallest absolute Gasteiger partial charge is 0.332 e. The molecular formula is C8H14O3. The standard InChI is InChI=1S/C8H14O3/c1-4-3-6(5(4)2)7(9)8(10)11/h4-7,9H,3H2,1-2H3,(H,10,11). The first-order valence-corrected chi connectivity index (χ1v) is 3.95. The Morgan fingerprint density at radius 1 is 1.55 bits per heavy atom. The van der Waals surface area contributed by atoms with Gasteiger partial charge in [0.05, 0.1) is 0 Å². The summed E-state index contributed by atoms with van der Waals surface area (Å²) in [7, 11) is 0. The summed E-state index contributed by atoms with van der Waals surface area (Å²) < 4.78 is 0. The van der Waals surface area contributed by atoms with Crippen LogP contribution in [0.3, 0.4) is 0 Å². The summed E-state index contributed by atoms with van der Waals surface area (Å²) in [5, 5.41) is 17.6. The van der Waals surface area contributed by atoms with Gasteiger partial charge in [0.1, 0.15) is 0 Å². The van der Waals surface area contributed by atoms with Crippen LogP contribution < -0.4 is 0 Å². The Labute approximate surface area is 66.0 Å². The van der Waals surface area contributed by atoms with Crippen LogP contribution in [0, 0.1) is 17.8 Å². The molecular weight excluding hydrogens is 144 g/mol. The van der Waals surface area contributed by atoms with Crippen molar-refractivity contribution in [2.75, 3.05) is 0 Å². The molecule has 0 spiro atoms. The SMILES string of the molecule is CC1CC(C(O)C(=O)O)C1C. The Kier molecular flexibility index (Phi) is 2.18. The molecule has 0 aliphatic heterocycles. The van der Waals surface area contributed by atoms with Crippen molar-refractivity contribution in [1.29, 1.82) is 0 Å². The van der Waals surface area contributed by atoms with E-state index in [4.69, 9.17) is 10.2 Å². The van der Waals surface area contributed by atoms with E-state index >= 15 is 0 Å². The second kappa shape index (κ2) is 2.81. The third kappa shape index (κ3) is 1.38. The molecule has 3 nitrogen and oxygen atoms in total. The minimum atomic E-state index is -1.15. The van der Waals surface area contributed by atoms with Gasteiger partial charge in [0, 0.05) is 0 Å². The van der Waals surface area contributed by atoms with Crippen molar-refractivity contribution < 1.29 is 15.0 Å². The van der Waals surface area contributed by atoms with Gasteiger partial charge in [0.2, 0.25) is 0 Å². The van der Waals surface area contributed by atoms with E-state index in [1.165, 1.54) is 0 Å². The fraction of sp³-hybridized carbons (Fsp3) is 0.875. The van der Waals surface area contributed by atoms with Crippen LogP contribution in [-0.4, -0.2) is 22.3 Å². The molecule has 0 amide bonds. The highest BCUT2D eigenvalue weighted by atomic mass is 16.4. The van der Waals surface area contributed by atoms with Crippen LogP contribution >= 0.6 is 0 Å². The maximum absolute atomic E-state index is 10.3. The molecule has 0 heterocycles. The summed E-state index contributed by atoms with van der Waals surface area (Å²) in [5.41, 5.74) is 0. The van der Waals surface area contributed by atoms with Crippen LogP contribution in [-0.2, 0) is 4.79 Å². The highest BCUT2D eigenvalue weighted by molar-refractivity contribution is 5.72. The van der Waals surface area contributed by atoms with E-state index in [9.17, 15) is 4.79 Å². The summed E-state index contributed by atoms with van der Waals surface area (Å²) in [4.78, 5) is 10.3. The molecule has 1 rings (SSSR count). The number of hydrogen-bond acceptors (Lipinski definition) is 2. The van der Waals surface area contributed by atoms with Gasteiger partial charge in [-0.1, -0.05) is 13.8 Å². The molecule has 4 atom stereocenters. The molecule has 0 aromatic rings. The molecule has 1 saturated carbocycles. The lowest BCUT2D eigenvalue weighted by atomic mass is 9.64. The lowest BCUT2D eigenvalue weighted by Gasteiger charge is -2.42. The quantitative estimate of drug-likeness (QED) is 0.622. The van der Waals surface area contributed by atoms with Crippen molar-refractivity contribution in [3.8, 4) is 0 Å². The fourth-order valence-electron chi connectivity index (χ4n) is 1.68. The predicted molar refractivity (Wildman–Crippen MR) is 40.1 cm³/mol. The van der Waals surface area contributed by atoms with Crippen molar-refractivity contribution >= 4 is 5.97 Å². The second-order valence-electron chi connectivity index (χ2n) is 3.52. The average molecular weight is 158 g/mol. The number of aliphatic carboxylic acids is 1. The highest BCUT2D eigenvalue weighted by Crippen LogP contribution is 2.41. The van der Waals surface area contributed by atoms with E-state index < -0.39 is 12.1 Å². The third-order valence-electron chi connectivity index (χ3n) is 2.88. The van der Waals surface area contributed by atoms with E-state index in [0.717, 1.165) is 6.42 Å². The summed E-state index contributed by atoms with van der Waals surface area (Å²) >= 11 is 0. The van der Waals surface area contributed by atoms with E-state index in [0.29, 0.717) is 11.8 Å². The Hall–Kier alpha value is -0.570. The van der Waals surface area contributed by atoms with Gasteiger partial charge in [-0.3, -0.25) is 0 Å². The predicted octanol–water partition coefficient (Wildman–Crippen LogP) is 0.724. The molecule has 0 aromatic carbocycles. The van der Waals surface area contributed by atoms with Gasteiger partial charge in [-0.25, -0.2) is 4.79 Å². The number of rotatable bonds is 2. The molecule has 0 radical (unpaired) electrons. The van der Waals surface area contributed by atoms with Crippen molar-refractivity contribution in [2.45, 2.75) is 26.4 Å². The van der Waals surface area contributed by atoms with Crippen LogP contribution in [0.2, 0.25) is 0 Å². The lowest BCUT2D eigenvalue weighted by Crippen LogP contribution is -2.44. The van der Waals surface area contributed by atoms with Crippen molar-refractivity contribution in [3.63, 3.8) is 0 Å². The van der Waals surface area contributed by atoms with Crippen LogP contribution in [0.5, 0.6) is 0 Å². The topological polar surface area (TPSA) is 57.5 Å². The molecule has 2 N–H and O–H groups in total. The number of hydrogen-bond donors (Lipinski definition) is 2. The third-order valence-corrected chi connectivity index (χ3v) is 2.88. The Morgan fingerprint density at radius 3 is 2.36 bits per heavy atom. The molecule has 0 saturated heterocycles. The van der Waals surface area contributed by atoms with Crippen molar-refractivity contribution in [3.05, 3.63) is 0 Å². The van der Waals surface area contributed by atoms with Gasteiger partial charge in [-0.2, -0.15) is 0 Å². The molecule has 0 aromatic heterocycles. The summed E-state index contributed by atoms with van der Waals surface area (Å²) in [5.74, 6) is -0.202. The molecule has 1 aliphatic carbocycles. The Morgan fingerprint density at radius 2 is 2.09 bits per heavy atom. The van der Waals surface area contributed by atoms with Gasteiger partial charge >= 0.3 is 5.97 Å². The van der Waals surface area contributed by atoms with E-state index in [-0.39, 0.29) is 5.92 Å². The zero-order chi connectivity index (χ0) is 8.59. The van der Waals surface area contributed by atoms with Crippen LogP contribution in [0.4, 0.5) is 0 Å². The fourth-order valence-corrected chi connectivity index (χ4v) is 1.68. The molecule has 0 bridgehead atoms. The van der Waals surface area contributed by atoms with Crippen LogP contribution in [0.15, 0.2) is 0 Å². The van der Waals surface area contributed by atoms with E-state index in [2.05, 4.69) is 6.92 Å². The van der Waals surface area contributed by atoms with Crippen LogP contribution in [0.1, 0.15) is 20.3 Å². The monoisotopic (exact) mass is 158 g/mol. The maximum Gasteiger partial charge on any atom is 0.332 e. The van der Waals surface area contributed by atoms with Gasteiger partial charge in [-0.15, -0.1) is 0 Å². The normalized spacial score (nSPS) is 39.4. The van der Waals surface area contributed by atoms with Gasteiger partial charge in [-0.05, 0) is 24.2 Å². The average Bonchev–Trinajstić information content (AvgIpc) is 1.98. The van der Waals surface area contributed by atoms with E-state index in [1.807, 2.05) is 6.92 Å². The maximum atomic E-state index is 10.3. The van der Waals surface area contributed by atoms with Gasteiger partial charge < -0.3 is 10.2 Å². The van der Waals surface area contributed by atoms with Crippen molar-refractivity contribution in [1.82, 2.24) is 0 Å². The van der Waals surface area contributed by atoms with E-state index in [1.54, 1.807) is 0 Å². The Bertz CT molecular complexity index is 167. The molecule has 3 heteroatoms. The summed E-state index contributed by atoms with van der Waals surface area (Å²) in [6.45, 7) is 4.07. The molecule has 1 fully saturated rings. The lowest BCUT2D eigenvalue weighted by molar-refractivity contribution is -0.155. The minimum absolute atomic E-state index is 0.0255. The zero-order valence-electron chi connectivity index (χ0n) is 6.82. The largest absolute Gasteiger partial charge is 0.479 e. The molecule has 4 unspecified atom stereocenters. The highest BCUT2D eigenvalue weighted by Gasteiger charge is 2.41.